The molecule has 0 bridgehead atoms. The van der Waals surface area contributed by atoms with Crippen molar-refractivity contribution in [2.24, 2.45) is 0 Å². The Morgan fingerprint density at radius 2 is 2.05 bits per heavy atom. The van der Waals surface area contributed by atoms with Crippen molar-refractivity contribution in [1.82, 2.24) is 25.3 Å². The van der Waals surface area contributed by atoms with E-state index in [-0.39, 0.29) is 5.95 Å². The molecule has 110 valence electrons. The van der Waals surface area contributed by atoms with Gasteiger partial charge in [-0.2, -0.15) is 0 Å². The number of aromatic amines is 2. The molecule has 0 amide bonds. The van der Waals surface area contributed by atoms with Gasteiger partial charge in [0.15, 0.2) is 6.67 Å². The molecule has 0 radical (unpaired) electrons. The van der Waals surface area contributed by atoms with Gasteiger partial charge >= 0.3 is 5.95 Å². The summed E-state index contributed by atoms with van der Waals surface area (Å²) in [6, 6.07) is 0. The maximum absolute atomic E-state index is 5.70. The lowest BCUT2D eigenvalue weighted by Crippen LogP contribution is -2.46. The molecule has 2 aromatic rings. The zero-order chi connectivity index (χ0) is 14.5. The number of rotatable bonds is 7. The van der Waals surface area contributed by atoms with Crippen LogP contribution in [0.3, 0.4) is 0 Å². The van der Waals surface area contributed by atoms with Gasteiger partial charge in [-0.25, -0.2) is 4.98 Å². The number of nitrogens with two attached hydrogens (primary N) is 2. The quantitative estimate of drug-likeness (QED) is 0.333. The molecule has 0 atom stereocenters. The van der Waals surface area contributed by atoms with E-state index in [2.05, 4.69) is 37.5 Å². The molecule has 0 saturated carbocycles. The fourth-order valence-corrected chi connectivity index (χ4v) is 1.72. The van der Waals surface area contributed by atoms with Crippen LogP contribution in [0.25, 0.3) is 0 Å². The summed E-state index contributed by atoms with van der Waals surface area (Å²) in [7, 11) is 1.85. The van der Waals surface area contributed by atoms with Gasteiger partial charge in [0.1, 0.15) is 0 Å². The maximum atomic E-state index is 5.70. The third kappa shape index (κ3) is 3.28. The van der Waals surface area contributed by atoms with Crippen LogP contribution in [0.2, 0.25) is 0 Å². The molecule has 0 aliphatic carbocycles. The SMILES string of the molecule is CCCCNc1[nH]c(N)n[n+]1CN(C)c1nnc(N)[nH]1. The number of anilines is 4. The lowest BCUT2D eigenvalue weighted by Gasteiger charge is -2.12. The van der Waals surface area contributed by atoms with Crippen molar-refractivity contribution < 1.29 is 4.68 Å². The molecule has 2 aromatic heterocycles. The summed E-state index contributed by atoms with van der Waals surface area (Å²) in [5.74, 6) is 1.96. The normalized spacial score (nSPS) is 10.7. The summed E-state index contributed by atoms with van der Waals surface area (Å²) in [5, 5.41) is 15.1. The van der Waals surface area contributed by atoms with E-state index in [1.54, 1.807) is 4.68 Å². The Balaban J connectivity index is 2.04. The van der Waals surface area contributed by atoms with E-state index >= 15 is 0 Å². The molecule has 10 heteroatoms. The molecule has 7 N–H and O–H groups in total. The predicted molar refractivity (Wildman–Crippen MR) is 75.8 cm³/mol. The van der Waals surface area contributed by atoms with E-state index in [1.165, 1.54) is 0 Å². The van der Waals surface area contributed by atoms with Gasteiger partial charge in [0.05, 0.1) is 6.54 Å². The van der Waals surface area contributed by atoms with Crippen LogP contribution < -0.4 is 26.4 Å². The molecule has 10 nitrogen and oxygen atoms in total. The monoisotopic (exact) mass is 281 g/mol. The number of nitrogens with one attached hydrogen (secondary N) is 3. The summed E-state index contributed by atoms with van der Waals surface area (Å²) in [6.07, 6.45) is 2.20. The zero-order valence-electron chi connectivity index (χ0n) is 11.7. The van der Waals surface area contributed by atoms with Crippen LogP contribution in [0.15, 0.2) is 0 Å². The zero-order valence-corrected chi connectivity index (χ0v) is 11.7. The number of hydrogen-bond acceptors (Lipinski definition) is 7. The van der Waals surface area contributed by atoms with Gasteiger partial charge in [-0.15, -0.1) is 14.9 Å². The second-order valence-corrected chi connectivity index (χ2v) is 4.51. The van der Waals surface area contributed by atoms with Gasteiger partial charge in [0, 0.05) is 7.05 Å². The molecular weight excluding hydrogens is 260 g/mol. The van der Waals surface area contributed by atoms with E-state index in [4.69, 9.17) is 11.5 Å². The minimum Gasteiger partial charge on any atom is -0.368 e. The summed E-state index contributed by atoms with van der Waals surface area (Å²) in [4.78, 5) is 7.67. The third-order valence-electron chi connectivity index (χ3n) is 2.76. The van der Waals surface area contributed by atoms with Crippen LogP contribution >= 0.6 is 0 Å². The standard InChI is InChI=1S/C10H20N10/c1-3-4-5-13-9-15-8(12)18-20(9)6-19(2)10-14-7(11)16-17-10/h3-6H2,1-2H3,(H6,11,12,13,14,15,16,17,18)/p+1. The number of hydrogen-bond donors (Lipinski definition) is 5. The van der Waals surface area contributed by atoms with E-state index < -0.39 is 0 Å². The molecule has 0 saturated heterocycles. The van der Waals surface area contributed by atoms with Crippen LogP contribution in [0.5, 0.6) is 0 Å². The van der Waals surface area contributed by atoms with E-state index in [0.29, 0.717) is 18.6 Å². The highest BCUT2D eigenvalue weighted by Crippen LogP contribution is 2.06. The van der Waals surface area contributed by atoms with Gasteiger partial charge in [-0.05, 0) is 6.42 Å². The fraction of sp³-hybridized carbons (Fsp3) is 0.600. The highest BCUT2D eigenvalue weighted by Gasteiger charge is 2.17. The van der Waals surface area contributed by atoms with Crippen molar-refractivity contribution in [3.8, 4) is 0 Å². The van der Waals surface area contributed by atoms with Gasteiger partial charge in [0.2, 0.25) is 11.9 Å². The minimum absolute atomic E-state index is 0.277. The van der Waals surface area contributed by atoms with E-state index in [9.17, 15) is 0 Å². The molecule has 0 aliphatic rings. The van der Waals surface area contributed by atoms with Crippen molar-refractivity contribution in [2.45, 2.75) is 26.4 Å². The number of nitrogen functional groups attached to an aromatic ring is 2. The predicted octanol–water partition coefficient (Wildman–Crippen LogP) is -0.714. The third-order valence-corrected chi connectivity index (χ3v) is 2.76. The van der Waals surface area contributed by atoms with Gasteiger partial charge < -0.3 is 16.4 Å². The lowest BCUT2D eigenvalue weighted by molar-refractivity contribution is -0.736. The lowest BCUT2D eigenvalue weighted by atomic mass is 10.3. The number of nitrogens with zero attached hydrogens (tertiary/aromatic N) is 5. The van der Waals surface area contributed by atoms with Crippen LogP contribution in [-0.2, 0) is 6.67 Å². The van der Waals surface area contributed by atoms with Crippen molar-refractivity contribution in [1.29, 1.82) is 0 Å². The highest BCUT2D eigenvalue weighted by atomic mass is 15.5. The van der Waals surface area contributed by atoms with Crippen molar-refractivity contribution in [2.75, 3.05) is 35.3 Å². The average molecular weight is 281 g/mol. The summed E-state index contributed by atoms with van der Waals surface area (Å²) in [6.45, 7) is 3.45. The first-order valence-electron chi connectivity index (χ1n) is 6.49. The largest absolute Gasteiger partial charge is 0.379 e. The first-order valence-corrected chi connectivity index (χ1v) is 6.49. The first kappa shape index (κ1) is 13.9. The molecule has 0 aromatic carbocycles. The molecule has 0 unspecified atom stereocenters. The first-order chi connectivity index (χ1) is 9.60. The van der Waals surface area contributed by atoms with Crippen LogP contribution in [0.4, 0.5) is 23.8 Å². The van der Waals surface area contributed by atoms with Crippen LogP contribution in [-0.4, -0.2) is 38.9 Å². The second-order valence-electron chi connectivity index (χ2n) is 4.51. The summed E-state index contributed by atoms with van der Waals surface area (Å²) < 4.78 is 1.73. The van der Waals surface area contributed by atoms with Gasteiger partial charge in [-0.1, -0.05) is 18.4 Å². The van der Waals surface area contributed by atoms with E-state index in [0.717, 1.165) is 25.3 Å². The Bertz CT molecular complexity index is 544. The van der Waals surface area contributed by atoms with Gasteiger partial charge in [-0.3, -0.25) is 10.3 Å². The average Bonchev–Trinajstić information content (AvgIpc) is 2.97. The van der Waals surface area contributed by atoms with Crippen LogP contribution in [0.1, 0.15) is 19.8 Å². The topological polar surface area (TPSA) is 141 Å². The van der Waals surface area contributed by atoms with Crippen molar-refractivity contribution in [3.05, 3.63) is 0 Å². The van der Waals surface area contributed by atoms with Crippen LogP contribution in [0, 0.1) is 0 Å². The molecule has 0 spiro atoms. The van der Waals surface area contributed by atoms with Gasteiger partial charge in [0.25, 0.3) is 5.95 Å². The Morgan fingerprint density at radius 1 is 1.25 bits per heavy atom. The Labute approximate surface area is 116 Å². The van der Waals surface area contributed by atoms with Crippen molar-refractivity contribution in [3.63, 3.8) is 0 Å². The molecule has 2 rings (SSSR count). The molecule has 2 heterocycles. The highest BCUT2D eigenvalue weighted by molar-refractivity contribution is 5.31. The molecule has 0 fully saturated rings. The molecular formula is C10H21N10+. The smallest absolute Gasteiger partial charge is 0.368 e. The summed E-state index contributed by atoms with van der Waals surface area (Å²) >= 11 is 0. The van der Waals surface area contributed by atoms with Crippen molar-refractivity contribution >= 4 is 23.8 Å². The Kier molecular flexibility index (Phi) is 4.23. The Hall–Kier alpha value is -2.52. The summed E-state index contributed by atoms with van der Waals surface area (Å²) in [5.41, 5.74) is 11.2. The fourth-order valence-electron chi connectivity index (χ4n) is 1.72. The number of unbranched alkanes of at least 4 members (excludes halogenated alkanes) is 1. The number of aromatic nitrogens is 6. The maximum Gasteiger partial charge on any atom is 0.379 e. The Morgan fingerprint density at radius 3 is 2.70 bits per heavy atom. The minimum atomic E-state index is 0.277. The second kappa shape index (κ2) is 6.08. The van der Waals surface area contributed by atoms with E-state index in [1.807, 2.05) is 11.9 Å². The molecule has 20 heavy (non-hydrogen) atoms. The number of H-pyrrole nitrogens is 2. The molecule has 0 aliphatic heterocycles.